The van der Waals surface area contributed by atoms with Crippen LogP contribution in [0.2, 0.25) is 0 Å². The third-order valence-corrected chi connectivity index (χ3v) is 7.25. The number of nitrogens with one attached hydrogen (secondary N) is 1. The second kappa shape index (κ2) is 11.4. The van der Waals surface area contributed by atoms with Crippen molar-refractivity contribution in [3.8, 4) is 5.75 Å². The number of ether oxygens (including phenoxy) is 1. The molecule has 1 atom stereocenters. The molecule has 0 spiro atoms. The van der Waals surface area contributed by atoms with E-state index in [-0.39, 0.29) is 28.2 Å². The Morgan fingerprint density at radius 1 is 1.11 bits per heavy atom. The van der Waals surface area contributed by atoms with Crippen LogP contribution in [-0.4, -0.2) is 34.7 Å². The fraction of sp³-hybridized carbons (Fsp3) is 0.333. The maximum absolute atomic E-state index is 14.1. The highest BCUT2D eigenvalue weighted by molar-refractivity contribution is 7.09. The van der Waals surface area contributed by atoms with Gasteiger partial charge in [-0.3, -0.25) is 19.3 Å². The summed E-state index contributed by atoms with van der Waals surface area (Å²) in [5.74, 6) is -1.01. The first kappa shape index (κ1) is 26.2. The SMILES string of the molecule is CCOc1ccc([C@@H](C(=O)NC2CCCC2)N(C(=O)c2snc(C(N)=O)c2N)c2ccc(C)cc2)cc1. The van der Waals surface area contributed by atoms with E-state index in [9.17, 15) is 14.4 Å². The van der Waals surface area contributed by atoms with E-state index in [1.54, 1.807) is 36.4 Å². The van der Waals surface area contributed by atoms with E-state index < -0.39 is 17.9 Å². The fourth-order valence-electron chi connectivity index (χ4n) is 4.51. The van der Waals surface area contributed by atoms with Gasteiger partial charge in [-0.2, -0.15) is 4.37 Å². The zero-order valence-corrected chi connectivity index (χ0v) is 21.7. The van der Waals surface area contributed by atoms with E-state index in [4.69, 9.17) is 16.2 Å². The van der Waals surface area contributed by atoms with E-state index >= 15 is 0 Å². The van der Waals surface area contributed by atoms with Crippen LogP contribution in [0.15, 0.2) is 48.5 Å². The van der Waals surface area contributed by atoms with Gasteiger partial charge in [0.15, 0.2) is 5.69 Å². The lowest BCUT2D eigenvalue weighted by Gasteiger charge is -2.32. The Hall–Kier alpha value is -3.92. The van der Waals surface area contributed by atoms with Gasteiger partial charge in [-0.15, -0.1) is 0 Å². The number of primary amides is 1. The van der Waals surface area contributed by atoms with Gasteiger partial charge in [0.2, 0.25) is 5.91 Å². The smallest absolute Gasteiger partial charge is 0.273 e. The Morgan fingerprint density at radius 3 is 2.32 bits per heavy atom. The van der Waals surface area contributed by atoms with Crippen molar-refractivity contribution in [3.05, 3.63) is 70.2 Å². The molecule has 0 radical (unpaired) electrons. The number of nitrogen functional groups attached to an aromatic ring is 1. The molecule has 4 rings (SSSR count). The van der Waals surface area contributed by atoms with E-state index in [1.807, 2.05) is 26.0 Å². The number of amides is 3. The van der Waals surface area contributed by atoms with Crippen LogP contribution in [0.4, 0.5) is 11.4 Å². The van der Waals surface area contributed by atoms with Gasteiger partial charge in [-0.1, -0.05) is 42.7 Å². The highest BCUT2D eigenvalue weighted by Crippen LogP contribution is 2.34. The Kier molecular flexibility index (Phi) is 8.08. The molecule has 1 heterocycles. The lowest BCUT2D eigenvalue weighted by molar-refractivity contribution is -0.123. The highest BCUT2D eigenvalue weighted by Gasteiger charge is 2.37. The van der Waals surface area contributed by atoms with Gasteiger partial charge in [0.25, 0.3) is 11.8 Å². The Bertz CT molecular complexity index is 1270. The molecule has 1 aromatic heterocycles. The number of rotatable bonds is 9. The molecule has 1 aliphatic rings. The van der Waals surface area contributed by atoms with Crippen LogP contribution in [-0.2, 0) is 4.79 Å². The van der Waals surface area contributed by atoms with Crippen molar-refractivity contribution in [3.63, 3.8) is 0 Å². The summed E-state index contributed by atoms with van der Waals surface area (Å²) in [6, 6.07) is 13.4. The van der Waals surface area contributed by atoms with Gasteiger partial charge in [-0.05, 0) is 68.1 Å². The molecule has 1 fully saturated rings. The minimum absolute atomic E-state index is 0.0407. The second-order valence-corrected chi connectivity index (χ2v) is 9.82. The average molecular weight is 522 g/mol. The van der Waals surface area contributed by atoms with Gasteiger partial charge >= 0.3 is 0 Å². The first-order chi connectivity index (χ1) is 17.8. The Balaban J connectivity index is 1.83. The molecule has 0 unspecified atom stereocenters. The number of nitrogens with zero attached hydrogens (tertiary/aromatic N) is 2. The molecule has 0 bridgehead atoms. The van der Waals surface area contributed by atoms with E-state index in [0.29, 0.717) is 23.6 Å². The largest absolute Gasteiger partial charge is 0.494 e. The van der Waals surface area contributed by atoms with Gasteiger partial charge in [-0.25, -0.2) is 0 Å². The van der Waals surface area contributed by atoms with Crippen LogP contribution in [0, 0.1) is 6.92 Å². The number of carbonyl (C=O) groups is 3. The number of carbonyl (C=O) groups excluding carboxylic acids is 3. The number of hydrogen-bond donors (Lipinski definition) is 3. The second-order valence-electron chi connectivity index (χ2n) is 9.04. The molecule has 10 heteroatoms. The van der Waals surface area contributed by atoms with Crippen LogP contribution >= 0.6 is 11.5 Å². The number of aryl methyl sites for hydroxylation is 1. The third kappa shape index (κ3) is 5.75. The standard InChI is InChI=1S/C27H31N5O4S/c1-3-36-20-14-10-17(11-15-20)23(26(34)30-18-6-4-5-7-18)32(19-12-8-16(2)9-13-19)27(35)24-21(28)22(25(29)33)31-37-24/h8-15,18,23H,3-7,28H2,1-2H3,(H2,29,33)(H,30,34)/t23-/m0/s1. The average Bonchev–Trinajstić information content (AvgIpc) is 3.53. The molecule has 0 aliphatic heterocycles. The summed E-state index contributed by atoms with van der Waals surface area (Å²) in [6.07, 6.45) is 3.88. The van der Waals surface area contributed by atoms with Crippen molar-refractivity contribution in [1.29, 1.82) is 0 Å². The number of nitrogens with two attached hydrogens (primary N) is 2. The van der Waals surface area contributed by atoms with Gasteiger partial charge in [0.05, 0.1) is 12.3 Å². The normalized spacial score (nSPS) is 14.2. The zero-order valence-electron chi connectivity index (χ0n) is 20.9. The molecule has 1 aliphatic carbocycles. The van der Waals surface area contributed by atoms with Crippen LogP contribution in [0.25, 0.3) is 0 Å². The zero-order chi connectivity index (χ0) is 26.5. The third-order valence-electron chi connectivity index (χ3n) is 6.40. The molecule has 3 amide bonds. The topological polar surface area (TPSA) is 141 Å². The van der Waals surface area contributed by atoms with Crippen LogP contribution in [0.5, 0.6) is 5.75 Å². The number of aromatic nitrogens is 1. The summed E-state index contributed by atoms with van der Waals surface area (Å²) in [5, 5.41) is 3.14. The Morgan fingerprint density at radius 2 is 1.76 bits per heavy atom. The minimum Gasteiger partial charge on any atom is -0.494 e. The van der Waals surface area contributed by atoms with Gasteiger partial charge in [0, 0.05) is 11.7 Å². The monoisotopic (exact) mass is 521 g/mol. The Labute approximate surface area is 220 Å². The summed E-state index contributed by atoms with van der Waals surface area (Å²) in [4.78, 5) is 41.2. The summed E-state index contributed by atoms with van der Waals surface area (Å²) >= 11 is 0.786. The summed E-state index contributed by atoms with van der Waals surface area (Å²) in [6.45, 7) is 4.34. The molecule has 3 aromatic rings. The van der Waals surface area contributed by atoms with Crippen LogP contribution < -0.4 is 26.4 Å². The van der Waals surface area contributed by atoms with Crippen molar-refractivity contribution in [2.45, 2.75) is 51.6 Å². The first-order valence-electron chi connectivity index (χ1n) is 12.3. The minimum atomic E-state index is -1.01. The number of anilines is 2. The molecule has 37 heavy (non-hydrogen) atoms. The molecule has 0 saturated heterocycles. The van der Waals surface area contributed by atoms with Crippen molar-refractivity contribution in [2.75, 3.05) is 17.2 Å². The lowest BCUT2D eigenvalue weighted by atomic mass is 10.0. The van der Waals surface area contributed by atoms with E-state index in [1.165, 1.54) is 4.90 Å². The molecular weight excluding hydrogens is 490 g/mol. The predicted octanol–water partition coefficient (Wildman–Crippen LogP) is 3.98. The summed E-state index contributed by atoms with van der Waals surface area (Å²) in [7, 11) is 0. The number of hydrogen-bond acceptors (Lipinski definition) is 7. The molecule has 194 valence electrons. The highest BCUT2D eigenvalue weighted by atomic mass is 32.1. The van der Waals surface area contributed by atoms with E-state index in [0.717, 1.165) is 42.8 Å². The molecule has 9 nitrogen and oxygen atoms in total. The molecule has 1 saturated carbocycles. The molecular formula is C27H31N5O4S. The summed E-state index contributed by atoms with van der Waals surface area (Å²) in [5.41, 5.74) is 13.4. The van der Waals surface area contributed by atoms with Crippen molar-refractivity contribution in [2.24, 2.45) is 5.73 Å². The maximum atomic E-state index is 14.1. The maximum Gasteiger partial charge on any atom is 0.273 e. The van der Waals surface area contributed by atoms with Crippen molar-refractivity contribution >= 4 is 40.6 Å². The number of benzene rings is 2. The predicted molar refractivity (Wildman–Crippen MR) is 144 cm³/mol. The van der Waals surface area contributed by atoms with Gasteiger partial charge in [0.1, 0.15) is 16.7 Å². The molecule has 5 N–H and O–H groups in total. The van der Waals surface area contributed by atoms with Crippen molar-refractivity contribution in [1.82, 2.24) is 9.69 Å². The van der Waals surface area contributed by atoms with Crippen LogP contribution in [0.1, 0.15) is 69.9 Å². The van der Waals surface area contributed by atoms with Gasteiger partial charge < -0.3 is 21.5 Å². The van der Waals surface area contributed by atoms with Crippen LogP contribution in [0.3, 0.4) is 0 Å². The first-order valence-corrected chi connectivity index (χ1v) is 13.1. The molecule has 2 aromatic carbocycles. The summed E-state index contributed by atoms with van der Waals surface area (Å²) < 4.78 is 9.57. The van der Waals surface area contributed by atoms with E-state index in [2.05, 4.69) is 9.69 Å². The lowest BCUT2D eigenvalue weighted by Crippen LogP contribution is -2.46. The fourth-order valence-corrected chi connectivity index (χ4v) is 5.25. The van der Waals surface area contributed by atoms with Crippen molar-refractivity contribution < 1.29 is 19.1 Å². The quantitative estimate of drug-likeness (QED) is 0.389.